The third-order valence-corrected chi connectivity index (χ3v) is 4.84. The van der Waals surface area contributed by atoms with E-state index in [0.717, 1.165) is 11.8 Å². The van der Waals surface area contributed by atoms with Gasteiger partial charge in [-0.3, -0.25) is 0 Å². The second-order valence-corrected chi connectivity index (χ2v) is 6.12. The van der Waals surface area contributed by atoms with Crippen LogP contribution in [-0.4, -0.2) is 38.1 Å². The van der Waals surface area contributed by atoms with Crippen molar-refractivity contribution in [3.63, 3.8) is 0 Å². The topological polar surface area (TPSA) is 15.3 Å². The Morgan fingerprint density at radius 2 is 1.56 bits per heavy atom. The molecule has 1 saturated carbocycles. The van der Waals surface area contributed by atoms with Gasteiger partial charge in [0.25, 0.3) is 0 Å². The Bertz CT molecular complexity index is 197. The number of halogens is 1. The molecule has 1 aliphatic carbocycles. The number of nitrogens with one attached hydrogen (secondary N) is 1. The van der Waals surface area contributed by atoms with Crippen LogP contribution in [0.3, 0.4) is 0 Å². The van der Waals surface area contributed by atoms with E-state index in [1.807, 2.05) is 0 Å². The van der Waals surface area contributed by atoms with E-state index in [2.05, 4.69) is 17.3 Å². The highest BCUT2D eigenvalue weighted by Gasteiger charge is 2.20. The van der Waals surface area contributed by atoms with Crippen LogP contribution in [0.5, 0.6) is 0 Å². The third-order valence-electron chi connectivity index (χ3n) is 4.84. The second kappa shape index (κ2) is 9.17. The Hall–Kier alpha value is 0.210. The van der Waals surface area contributed by atoms with Crippen LogP contribution in [0.2, 0.25) is 0 Å². The molecule has 18 heavy (non-hydrogen) atoms. The SMILES string of the molecule is CNCCC1CCN(CCC2CCCC2)CC1.Cl. The standard InChI is InChI=1S/C15H30N2.ClH/c1-16-10-6-15-8-12-17(13-9-15)11-7-14-4-2-3-5-14;/h14-16H,2-13H2,1H3;1H. The zero-order valence-corrected chi connectivity index (χ0v) is 12.8. The van der Waals surface area contributed by atoms with Gasteiger partial charge >= 0.3 is 0 Å². The first kappa shape index (κ1) is 16.3. The Morgan fingerprint density at radius 1 is 0.944 bits per heavy atom. The maximum atomic E-state index is 3.27. The molecule has 0 aromatic heterocycles. The number of nitrogens with zero attached hydrogens (tertiary/aromatic N) is 1. The van der Waals surface area contributed by atoms with Gasteiger partial charge < -0.3 is 10.2 Å². The lowest BCUT2D eigenvalue weighted by Crippen LogP contribution is -2.35. The fourth-order valence-electron chi connectivity index (χ4n) is 3.51. The summed E-state index contributed by atoms with van der Waals surface area (Å²) in [5.41, 5.74) is 0. The Kier molecular flexibility index (Phi) is 8.28. The van der Waals surface area contributed by atoms with Crippen molar-refractivity contribution in [3.05, 3.63) is 0 Å². The van der Waals surface area contributed by atoms with E-state index in [4.69, 9.17) is 0 Å². The molecule has 0 bridgehead atoms. The molecule has 1 N–H and O–H groups in total. The molecule has 2 fully saturated rings. The molecule has 0 atom stereocenters. The van der Waals surface area contributed by atoms with Crippen LogP contribution in [0.25, 0.3) is 0 Å². The Morgan fingerprint density at radius 3 is 2.17 bits per heavy atom. The van der Waals surface area contributed by atoms with Crippen molar-refractivity contribution in [2.45, 2.75) is 51.4 Å². The van der Waals surface area contributed by atoms with E-state index >= 15 is 0 Å². The fourth-order valence-corrected chi connectivity index (χ4v) is 3.51. The molecule has 2 rings (SSSR count). The molecule has 3 heteroatoms. The first-order valence-corrected chi connectivity index (χ1v) is 7.75. The van der Waals surface area contributed by atoms with Gasteiger partial charge in [-0.05, 0) is 70.7 Å². The summed E-state index contributed by atoms with van der Waals surface area (Å²) in [6.45, 7) is 5.30. The van der Waals surface area contributed by atoms with E-state index < -0.39 is 0 Å². The summed E-state index contributed by atoms with van der Waals surface area (Å²) in [5.74, 6) is 2.06. The molecule has 0 unspecified atom stereocenters. The van der Waals surface area contributed by atoms with E-state index in [9.17, 15) is 0 Å². The summed E-state index contributed by atoms with van der Waals surface area (Å²) in [4.78, 5) is 2.72. The van der Waals surface area contributed by atoms with Crippen molar-refractivity contribution in [1.82, 2.24) is 10.2 Å². The summed E-state index contributed by atoms with van der Waals surface area (Å²) in [6, 6.07) is 0. The maximum Gasteiger partial charge on any atom is -0.00161 e. The average Bonchev–Trinajstić information content (AvgIpc) is 2.88. The van der Waals surface area contributed by atoms with Gasteiger partial charge in [-0.2, -0.15) is 0 Å². The highest BCUT2D eigenvalue weighted by atomic mass is 35.5. The van der Waals surface area contributed by atoms with Crippen molar-refractivity contribution in [2.24, 2.45) is 11.8 Å². The lowest BCUT2D eigenvalue weighted by Gasteiger charge is -2.32. The molecular weight excluding hydrogens is 244 g/mol. The molecule has 0 aromatic rings. The smallest absolute Gasteiger partial charge is 0.00161 e. The van der Waals surface area contributed by atoms with Gasteiger partial charge in [0.15, 0.2) is 0 Å². The Balaban J connectivity index is 0.00000162. The summed E-state index contributed by atoms with van der Waals surface area (Å²) in [6.07, 6.45) is 11.7. The van der Waals surface area contributed by atoms with Crippen LogP contribution in [0.4, 0.5) is 0 Å². The number of rotatable bonds is 6. The summed E-state index contributed by atoms with van der Waals surface area (Å²) < 4.78 is 0. The lowest BCUT2D eigenvalue weighted by atomic mass is 9.93. The fraction of sp³-hybridized carbons (Fsp3) is 1.00. The van der Waals surface area contributed by atoms with Gasteiger partial charge in [0.05, 0.1) is 0 Å². The molecule has 2 aliphatic rings. The van der Waals surface area contributed by atoms with E-state index in [0.29, 0.717) is 0 Å². The molecule has 0 aromatic carbocycles. The van der Waals surface area contributed by atoms with Crippen LogP contribution in [0, 0.1) is 11.8 Å². The quantitative estimate of drug-likeness (QED) is 0.799. The van der Waals surface area contributed by atoms with Gasteiger partial charge in [-0.15, -0.1) is 12.4 Å². The van der Waals surface area contributed by atoms with Crippen LogP contribution in [0.15, 0.2) is 0 Å². The third kappa shape index (κ3) is 5.46. The zero-order chi connectivity index (χ0) is 11.9. The summed E-state index contributed by atoms with van der Waals surface area (Å²) >= 11 is 0. The molecule has 2 nitrogen and oxygen atoms in total. The minimum Gasteiger partial charge on any atom is -0.320 e. The van der Waals surface area contributed by atoms with Crippen molar-refractivity contribution in [1.29, 1.82) is 0 Å². The second-order valence-electron chi connectivity index (χ2n) is 6.12. The van der Waals surface area contributed by atoms with Crippen LogP contribution in [0.1, 0.15) is 51.4 Å². The molecule has 0 spiro atoms. The number of hydrogen-bond acceptors (Lipinski definition) is 2. The van der Waals surface area contributed by atoms with Crippen LogP contribution >= 0.6 is 12.4 Å². The van der Waals surface area contributed by atoms with Crippen molar-refractivity contribution in [3.8, 4) is 0 Å². The molecular formula is C15H31ClN2. The first-order chi connectivity index (χ1) is 8.38. The largest absolute Gasteiger partial charge is 0.320 e. The molecule has 1 heterocycles. The minimum absolute atomic E-state index is 0. The minimum atomic E-state index is 0. The van der Waals surface area contributed by atoms with E-state index in [-0.39, 0.29) is 12.4 Å². The zero-order valence-electron chi connectivity index (χ0n) is 12.0. The summed E-state index contributed by atoms with van der Waals surface area (Å²) in [5, 5.41) is 3.27. The predicted molar refractivity (Wildman–Crippen MR) is 81.5 cm³/mol. The molecule has 0 amide bonds. The predicted octanol–water partition coefficient (Wildman–Crippen LogP) is 3.31. The van der Waals surface area contributed by atoms with E-state index in [1.165, 1.54) is 77.5 Å². The number of hydrogen-bond donors (Lipinski definition) is 1. The summed E-state index contributed by atoms with van der Waals surface area (Å²) in [7, 11) is 2.07. The van der Waals surface area contributed by atoms with Gasteiger partial charge in [-0.25, -0.2) is 0 Å². The lowest BCUT2D eigenvalue weighted by molar-refractivity contribution is 0.169. The van der Waals surface area contributed by atoms with Gasteiger partial charge in [0.2, 0.25) is 0 Å². The number of piperidine rings is 1. The molecule has 108 valence electrons. The van der Waals surface area contributed by atoms with Crippen molar-refractivity contribution < 1.29 is 0 Å². The van der Waals surface area contributed by atoms with Crippen molar-refractivity contribution in [2.75, 3.05) is 33.2 Å². The normalized spacial score (nSPS) is 23.2. The first-order valence-electron chi connectivity index (χ1n) is 7.75. The monoisotopic (exact) mass is 274 g/mol. The van der Waals surface area contributed by atoms with E-state index in [1.54, 1.807) is 0 Å². The van der Waals surface area contributed by atoms with Gasteiger partial charge in [0, 0.05) is 0 Å². The Labute approximate surface area is 119 Å². The maximum absolute atomic E-state index is 3.27. The molecule has 1 aliphatic heterocycles. The molecule has 0 radical (unpaired) electrons. The van der Waals surface area contributed by atoms with Gasteiger partial charge in [-0.1, -0.05) is 25.7 Å². The van der Waals surface area contributed by atoms with Crippen LogP contribution in [-0.2, 0) is 0 Å². The average molecular weight is 275 g/mol. The van der Waals surface area contributed by atoms with Crippen molar-refractivity contribution >= 4 is 12.4 Å². The molecule has 1 saturated heterocycles. The highest BCUT2D eigenvalue weighted by molar-refractivity contribution is 5.85. The number of likely N-dealkylation sites (tertiary alicyclic amines) is 1. The highest BCUT2D eigenvalue weighted by Crippen LogP contribution is 2.28. The van der Waals surface area contributed by atoms with Gasteiger partial charge in [0.1, 0.15) is 0 Å². The van der Waals surface area contributed by atoms with Crippen LogP contribution < -0.4 is 5.32 Å².